The Bertz CT molecular complexity index is 1130. The van der Waals surface area contributed by atoms with Gasteiger partial charge in [0.25, 0.3) is 5.91 Å². The van der Waals surface area contributed by atoms with E-state index in [4.69, 9.17) is 0 Å². The van der Waals surface area contributed by atoms with E-state index in [9.17, 15) is 14.3 Å². The maximum absolute atomic E-state index is 14.1. The summed E-state index contributed by atoms with van der Waals surface area (Å²) in [4.78, 5) is 16.9. The smallest absolute Gasteiger partial charge is 0.257 e. The zero-order valence-electron chi connectivity index (χ0n) is 14.1. The number of nitrogens with zero attached hydrogens (tertiary/aromatic N) is 3. The molecular weight excluding hydrogens is 347 g/mol. The van der Waals surface area contributed by atoms with Crippen LogP contribution in [0.2, 0.25) is 0 Å². The van der Waals surface area contributed by atoms with Gasteiger partial charge in [-0.15, -0.1) is 0 Å². The lowest BCUT2D eigenvalue weighted by Crippen LogP contribution is -2.22. The number of carbonyl (C=O) groups is 1. The van der Waals surface area contributed by atoms with E-state index >= 15 is 0 Å². The summed E-state index contributed by atoms with van der Waals surface area (Å²) in [7, 11) is 0. The van der Waals surface area contributed by atoms with Crippen LogP contribution in [0, 0.1) is 5.82 Å². The molecule has 2 N–H and O–H groups in total. The molecule has 0 atom stereocenters. The molecule has 0 aliphatic heterocycles. The van der Waals surface area contributed by atoms with Gasteiger partial charge in [0.2, 0.25) is 5.88 Å². The zero-order chi connectivity index (χ0) is 18.8. The first-order valence-electron chi connectivity index (χ1n) is 8.28. The first-order valence-corrected chi connectivity index (χ1v) is 8.28. The molecule has 0 bridgehead atoms. The fourth-order valence-electron chi connectivity index (χ4n) is 2.79. The number of carbonyl (C=O) groups excluding carboxylic acids is 1. The normalized spacial score (nSPS) is 10.9. The van der Waals surface area contributed by atoms with Crippen LogP contribution < -0.4 is 5.32 Å². The van der Waals surface area contributed by atoms with Gasteiger partial charge in [0.15, 0.2) is 5.65 Å². The molecule has 1 amide bonds. The first-order chi connectivity index (χ1) is 13.1. The quantitative estimate of drug-likeness (QED) is 0.584. The Morgan fingerprint density at radius 2 is 1.85 bits per heavy atom. The number of nitrogens with one attached hydrogen (secondary N) is 1. The van der Waals surface area contributed by atoms with Gasteiger partial charge in [0, 0.05) is 18.2 Å². The molecule has 0 saturated heterocycles. The van der Waals surface area contributed by atoms with Crippen LogP contribution in [0.1, 0.15) is 15.9 Å². The number of rotatable bonds is 4. The van der Waals surface area contributed by atoms with Crippen molar-refractivity contribution in [2.24, 2.45) is 0 Å². The van der Waals surface area contributed by atoms with Crippen LogP contribution in [0.4, 0.5) is 4.39 Å². The van der Waals surface area contributed by atoms with Crippen molar-refractivity contribution in [3.63, 3.8) is 0 Å². The second kappa shape index (κ2) is 6.87. The summed E-state index contributed by atoms with van der Waals surface area (Å²) in [6.07, 6.45) is 1.33. The van der Waals surface area contributed by atoms with Gasteiger partial charge in [0.1, 0.15) is 11.4 Å². The third-order valence-corrected chi connectivity index (χ3v) is 4.14. The lowest BCUT2D eigenvalue weighted by Gasteiger charge is -2.07. The van der Waals surface area contributed by atoms with E-state index in [0.717, 1.165) is 10.1 Å². The van der Waals surface area contributed by atoms with E-state index in [1.165, 1.54) is 18.3 Å². The monoisotopic (exact) mass is 362 g/mol. The van der Waals surface area contributed by atoms with E-state index in [1.54, 1.807) is 18.2 Å². The summed E-state index contributed by atoms with van der Waals surface area (Å²) in [6.45, 7) is 0.343. The summed E-state index contributed by atoms with van der Waals surface area (Å²) in [5.74, 6) is -1.09. The Labute approximate surface area is 153 Å². The molecule has 27 heavy (non-hydrogen) atoms. The third kappa shape index (κ3) is 3.22. The van der Waals surface area contributed by atoms with Gasteiger partial charge in [-0.3, -0.25) is 4.79 Å². The largest absolute Gasteiger partial charge is 0.493 e. The summed E-state index contributed by atoms with van der Waals surface area (Å²) in [5, 5.41) is 17.0. The maximum atomic E-state index is 14.1. The van der Waals surface area contributed by atoms with Crippen LogP contribution in [-0.4, -0.2) is 25.6 Å². The molecule has 4 aromatic rings. The Morgan fingerprint density at radius 1 is 1.11 bits per heavy atom. The molecule has 6 nitrogen and oxygen atoms in total. The van der Waals surface area contributed by atoms with E-state index in [0.29, 0.717) is 6.54 Å². The Kier molecular flexibility index (Phi) is 4.25. The Hall–Kier alpha value is -3.74. The van der Waals surface area contributed by atoms with Crippen LogP contribution in [-0.2, 0) is 6.54 Å². The van der Waals surface area contributed by atoms with E-state index < -0.39 is 5.82 Å². The predicted molar refractivity (Wildman–Crippen MR) is 97.7 cm³/mol. The van der Waals surface area contributed by atoms with Crippen LogP contribution in [0.25, 0.3) is 16.9 Å². The van der Waals surface area contributed by atoms with Gasteiger partial charge >= 0.3 is 0 Å². The van der Waals surface area contributed by atoms with Crippen molar-refractivity contribution in [2.75, 3.05) is 0 Å². The number of aromatic nitrogens is 3. The van der Waals surface area contributed by atoms with Crippen molar-refractivity contribution >= 4 is 11.6 Å². The second-order valence-electron chi connectivity index (χ2n) is 5.94. The standard InChI is InChI=1S/C20H15FN4O2/c21-16-9-5-4-8-14(16)17-10-18(26)25-19(24-17)15(12-23-25)20(27)22-11-13-6-2-1-3-7-13/h1-10,12,26H,11H2,(H,22,27). The minimum atomic E-state index is -0.469. The number of fused-ring (bicyclic) bond motifs is 1. The Morgan fingerprint density at radius 3 is 2.63 bits per heavy atom. The molecule has 2 aromatic carbocycles. The van der Waals surface area contributed by atoms with Crippen LogP contribution in [0.15, 0.2) is 66.9 Å². The number of hydrogen-bond donors (Lipinski definition) is 2. The zero-order valence-corrected chi connectivity index (χ0v) is 14.1. The van der Waals surface area contributed by atoms with Crippen molar-refractivity contribution in [1.82, 2.24) is 19.9 Å². The summed E-state index contributed by atoms with van der Waals surface area (Å²) in [5.41, 5.74) is 1.74. The van der Waals surface area contributed by atoms with E-state index in [2.05, 4.69) is 15.4 Å². The van der Waals surface area contributed by atoms with Crippen molar-refractivity contribution in [3.05, 3.63) is 83.8 Å². The van der Waals surface area contributed by atoms with Crippen molar-refractivity contribution in [1.29, 1.82) is 0 Å². The predicted octanol–water partition coefficient (Wildman–Crippen LogP) is 3.17. The molecule has 0 aliphatic rings. The number of halogens is 1. The number of amides is 1. The summed E-state index contributed by atoms with van der Waals surface area (Å²) >= 11 is 0. The minimum absolute atomic E-state index is 0.152. The molecule has 0 radical (unpaired) electrons. The maximum Gasteiger partial charge on any atom is 0.257 e. The molecule has 0 unspecified atom stereocenters. The lowest BCUT2D eigenvalue weighted by atomic mass is 10.1. The first kappa shape index (κ1) is 16.7. The van der Waals surface area contributed by atoms with Gasteiger partial charge in [-0.1, -0.05) is 42.5 Å². The van der Waals surface area contributed by atoms with Crippen molar-refractivity contribution in [2.45, 2.75) is 6.54 Å². The molecule has 0 fully saturated rings. The highest BCUT2D eigenvalue weighted by Crippen LogP contribution is 2.26. The molecular formula is C20H15FN4O2. The number of hydrogen-bond acceptors (Lipinski definition) is 4. The molecule has 7 heteroatoms. The van der Waals surface area contributed by atoms with Crippen LogP contribution in [0.3, 0.4) is 0 Å². The number of benzene rings is 2. The fraction of sp³-hybridized carbons (Fsp3) is 0.0500. The highest BCUT2D eigenvalue weighted by atomic mass is 19.1. The molecule has 0 saturated carbocycles. The summed E-state index contributed by atoms with van der Waals surface area (Å²) < 4.78 is 15.2. The van der Waals surface area contributed by atoms with E-state index in [-0.39, 0.29) is 34.3 Å². The number of aromatic hydroxyl groups is 1. The highest BCUT2D eigenvalue weighted by Gasteiger charge is 2.18. The molecule has 134 valence electrons. The van der Waals surface area contributed by atoms with Gasteiger partial charge in [0.05, 0.1) is 11.9 Å². The molecule has 0 aliphatic carbocycles. The van der Waals surface area contributed by atoms with Crippen molar-refractivity contribution < 1.29 is 14.3 Å². The third-order valence-electron chi connectivity index (χ3n) is 4.14. The minimum Gasteiger partial charge on any atom is -0.493 e. The summed E-state index contributed by atoms with van der Waals surface area (Å²) in [6, 6.07) is 16.9. The highest BCUT2D eigenvalue weighted by molar-refractivity contribution is 5.99. The topological polar surface area (TPSA) is 79.5 Å². The molecule has 4 rings (SSSR count). The van der Waals surface area contributed by atoms with Crippen molar-refractivity contribution in [3.8, 4) is 17.1 Å². The van der Waals surface area contributed by atoms with Gasteiger partial charge in [-0.2, -0.15) is 9.61 Å². The van der Waals surface area contributed by atoms with Crippen LogP contribution >= 0.6 is 0 Å². The average Bonchev–Trinajstić information content (AvgIpc) is 3.12. The van der Waals surface area contributed by atoms with Crippen LogP contribution in [0.5, 0.6) is 5.88 Å². The fourth-order valence-corrected chi connectivity index (χ4v) is 2.79. The average molecular weight is 362 g/mol. The Balaban J connectivity index is 1.69. The molecule has 2 heterocycles. The molecule has 0 spiro atoms. The SMILES string of the molecule is O=C(NCc1ccccc1)c1cnn2c(O)cc(-c3ccccc3F)nc12. The second-order valence-corrected chi connectivity index (χ2v) is 5.94. The lowest BCUT2D eigenvalue weighted by molar-refractivity contribution is 0.0952. The van der Waals surface area contributed by atoms with E-state index in [1.807, 2.05) is 30.3 Å². The molecule has 2 aromatic heterocycles. The van der Waals surface area contributed by atoms with Gasteiger partial charge in [-0.25, -0.2) is 9.37 Å². The van der Waals surface area contributed by atoms with Gasteiger partial charge < -0.3 is 10.4 Å². The van der Waals surface area contributed by atoms with Gasteiger partial charge in [-0.05, 0) is 17.7 Å².